The molecule has 1 amide bonds. The van der Waals surface area contributed by atoms with E-state index in [-0.39, 0.29) is 11.5 Å². The summed E-state index contributed by atoms with van der Waals surface area (Å²) < 4.78 is 27.8. The monoisotopic (exact) mass is 346 g/mol. The van der Waals surface area contributed by atoms with Gasteiger partial charge in [-0.3, -0.25) is 4.79 Å². The molecule has 2 heterocycles. The van der Waals surface area contributed by atoms with Gasteiger partial charge in [-0.15, -0.1) is 11.3 Å². The quantitative estimate of drug-likeness (QED) is 0.801. The lowest BCUT2D eigenvalue weighted by Gasteiger charge is -2.16. The third kappa shape index (κ3) is 4.04. The maximum Gasteiger partial charge on any atom is 0.351 e. The van der Waals surface area contributed by atoms with E-state index in [0.29, 0.717) is 17.0 Å². The lowest BCUT2D eigenvalue weighted by atomic mass is 10.2. The predicted octanol–water partition coefficient (Wildman–Crippen LogP) is 0.609. The van der Waals surface area contributed by atoms with Crippen LogP contribution in [0, 0.1) is 13.8 Å². The van der Waals surface area contributed by atoms with Crippen molar-refractivity contribution in [3.05, 3.63) is 15.6 Å². The molecule has 1 aromatic rings. The van der Waals surface area contributed by atoms with E-state index in [1.807, 2.05) is 0 Å². The van der Waals surface area contributed by atoms with Crippen LogP contribution in [0.4, 0.5) is 0 Å². The second-order valence-electron chi connectivity index (χ2n) is 5.30. The van der Waals surface area contributed by atoms with Crippen LogP contribution in [0.2, 0.25) is 0 Å². The van der Waals surface area contributed by atoms with E-state index in [2.05, 4.69) is 10.3 Å². The minimum Gasteiger partial charge on any atom is -0.448 e. The first-order valence-corrected chi connectivity index (χ1v) is 9.47. The number of rotatable bonds is 4. The van der Waals surface area contributed by atoms with Crippen molar-refractivity contribution in [1.29, 1.82) is 0 Å². The van der Waals surface area contributed by atoms with Crippen LogP contribution in [0.25, 0.3) is 0 Å². The predicted molar refractivity (Wildman–Crippen MR) is 81.7 cm³/mol. The molecule has 1 aliphatic rings. The van der Waals surface area contributed by atoms with Crippen molar-refractivity contribution in [3.8, 4) is 0 Å². The molecule has 0 spiro atoms. The van der Waals surface area contributed by atoms with Crippen LogP contribution < -0.4 is 5.32 Å². The Morgan fingerprint density at radius 1 is 1.41 bits per heavy atom. The average Bonchev–Trinajstić information content (AvgIpc) is 2.91. The van der Waals surface area contributed by atoms with Gasteiger partial charge in [0.1, 0.15) is 4.88 Å². The Morgan fingerprint density at radius 3 is 2.59 bits per heavy atom. The molecule has 7 nitrogen and oxygen atoms in total. The second-order valence-corrected chi connectivity index (χ2v) is 8.74. The van der Waals surface area contributed by atoms with E-state index in [1.54, 1.807) is 13.8 Å². The van der Waals surface area contributed by atoms with E-state index in [0.717, 1.165) is 5.01 Å². The number of hydrogen-bond acceptors (Lipinski definition) is 7. The van der Waals surface area contributed by atoms with Gasteiger partial charge >= 0.3 is 5.97 Å². The highest BCUT2D eigenvalue weighted by Gasteiger charge is 2.31. The Kier molecular flexibility index (Phi) is 4.86. The van der Waals surface area contributed by atoms with Crippen molar-refractivity contribution in [3.63, 3.8) is 0 Å². The van der Waals surface area contributed by atoms with E-state index < -0.39 is 33.9 Å². The van der Waals surface area contributed by atoms with E-state index in [4.69, 9.17) is 4.74 Å². The van der Waals surface area contributed by atoms with Gasteiger partial charge in [0.2, 0.25) is 0 Å². The fraction of sp³-hybridized carbons (Fsp3) is 0.615. The van der Waals surface area contributed by atoms with Crippen molar-refractivity contribution in [1.82, 2.24) is 10.3 Å². The van der Waals surface area contributed by atoms with Crippen molar-refractivity contribution in [2.45, 2.75) is 39.3 Å². The van der Waals surface area contributed by atoms with Crippen LogP contribution in [0.3, 0.4) is 0 Å². The largest absolute Gasteiger partial charge is 0.448 e. The molecule has 1 saturated heterocycles. The minimum absolute atomic E-state index is 0.0629. The lowest BCUT2D eigenvalue weighted by molar-refractivity contribution is -0.129. The molecule has 0 unspecified atom stereocenters. The van der Waals surface area contributed by atoms with Crippen LogP contribution in [0.5, 0.6) is 0 Å². The van der Waals surface area contributed by atoms with Crippen molar-refractivity contribution >= 4 is 33.1 Å². The zero-order valence-corrected chi connectivity index (χ0v) is 14.2. The second kappa shape index (κ2) is 6.33. The summed E-state index contributed by atoms with van der Waals surface area (Å²) in [4.78, 5) is 28.5. The van der Waals surface area contributed by atoms with Gasteiger partial charge in [0, 0.05) is 6.04 Å². The molecular weight excluding hydrogens is 328 g/mol. The smallest absolute Gasteiger partial charge is 0.351 e. The Morgan fingerprint density at radius 2 is 2.09 bits per heavy atom. The highest BCUT2D eigenvalue weighted by molar-refractivity contribution is 7.91. The van der Waals surface area contributed by atoms with E-state index >= 15 is 0 Å². The number of esters is 1. The first-order chi connectivity index (χ1) is 10.2. The average molecular weight is 346 g/mol. The highest BCUT2D eigenvalue weighted by atomic mass is 32.2. The number of nitrogens with zero attached hydrogens (tertiary/aromatic N) is 1. The summed E-state index contributed by atoms with van der Waals surface area (Å²) in [6.07, 6.45) is -0.598. The van der Waals surface area contributed by atoms with Crippen LogP contribution in [0.15, 0.2) is 0 Å². The zero-order chi connectivity index (χ0) is 16.5. The lowest BCUT2D eigenvalue weighted by Crippen LogP contribution is -2.42. The number of aryl methyl sites for hydroxylation is 2. The summed E-state index contributed by atoms with van der Waals surface area (Å²) in [5.41, 5.74) is 0.571. The van der Waals surface area contributed by atoms with Gasteiger partial charge in [-0.25, -0.2) is 18.2 Å². The summed E-state index contributed by atoms with van der Waals surface area (Å²) in [7, 11) is -3.06. The molecule has 1 fully saturated rings. The summed E-state index contributed by atoms with van der Waals surface area (Å²) >= 11 is 1.21. The molecule has 2 atom stereocenters. The van der Waals surface area contributed by atoms with Crippen LogP contribution in [-0.2, 0) is 19.4 Å². The zero-order valence-electron chi connectivity index (χ0n) is 12.6. The van der Waals surface area contributed by atoms with Gasteiger partial charge in [0.25, 0.3) is 5.91 Å². The number of thiazole rings is 1. The highest BCUT2D eigenvalue weighted by Crippen LogP contribution is 2.19. The summed E-state index contributed by atoms with van der Waals surface area (Å²) in [5.74, 6) is -1.07. The molecule has 1 N–H and O–H groups in total. The molecule has 0 saturated carbocycles. The van der Waals surface area contributed by atoms with Crippen LogP contribution in [0.1, 0.15) is 33.7 Å². The Labute approximate surface area is 133 Å². The molecule has 0 aliphatic carbocycles. The van der Waals surface area contributed by atoms with Crippen LogP contribution >= 0.6 is 11.3 Å². The first kappa shape index (κ1) is 16.9. The number of ether oxygens (including phenoxy) is 1. The molecule has 2 rings (SSSR count). The molecule has 0 radical (unpaired) electrons. The standard InChI is InChI=1S/C13H18N2O5S2/c1-7-11(21-9(3)14-7)13(17)20-8(2)12(16)15-10-4-5-22(18,19)6-10/h8,10H,4-6H2,1-3H3,(H,15,16)/t8-,10+/m1/s1. The number of hydrogen-bond donors (Lipinski definition) is 1. The molecule has 0 bridgehead atoms. The van der Waals surface area contributed by atoms with Crippen molar-refractivity contribution in [2.75, 3.05) is 11.5 Å². The normalized spacial score (nSPS) is 21.3. The number of carbonyl (C=O) groups is 2. The minimum atomic E-state index is -3.06. The number of carbonyl (C=O) groups excluding carboxylic acids is 2. The van der Waals surface area contributed by atoms with Crippen molar-refractivity contribution < 1.29 is 22.7 Å². The molecular formula is C13H18N2O5S2. The van der Waals surface area contributed by atoms with E-state index in [9.17, 15) is 18.0 Å². The number of amides is 1. The Hall–Kier alpha value is -1.48. The van der Waals surface area contributed by atoms with Gasteiger partial charge in [-0.2, -0.15) is 0 Å². The molecule has 122 valence electrons. The molecule has 1 aromatic heterocycles. The molecule has 0 aromatic carbocycles. The number of aromatic nitrogens is 1. The first-order valence-electron chi connectivity index (χ1n) is 6.84. The third-order valence-corrected chi connectivity index (χ3v) is 6.14. The summed E-state index contributed by atoms with van der Waals surface area (Å²) in [5, 5.41) is 3.35. The molecule has 9 heteroatoms. The van der Waals surface area contributed by atoms with Gasteiger partial charge in [-0.05, 0) is 27.2 Å². The number of nitrogens with one attached hydrogen (secondary N) is 1. The number of sulfone groups is 1. The van der Waals surface area contributed by atoms with Gasteiger partial charge in [0.15, 0.2) is 15.9 Å². The maximum atomic E-state index is 12.0. The topological polar surface area (TPSA) is 102 Å². The Bertz CT molecular complexity index is 695. The maximum absolute atomic E-state index is 12.0. The third-order valence-electron chi connectivity index (χ3n) is 3.32. The van der Waals surface area contributed by atoms with Crippen molar-refractivity contribution in [2.24, 2.45) is 0 Å². The molecule has 22 heavy (non-hydrogen) atoms. The SMILES string of the molecule is Cc1nc(C)c(C(=O)O[C@H](C)C(=O)N[C@H]2CCS(=O)(=O)C2)s1. The van der Waals surface area contributed by atoms with Gasteiger partial charge < -0.3 is 10.1 Å². The van der Waals surface area contributed by atoms with Gasteiger partial charge in [-0.1, -0.05) is 0 Å². The summed E-state index contributed by atoms with van der Waals surface area (Å²) in [6, 6.07) is -0.411. The van der Waals surface area contributed by atoms with Gasteiger partial charge in [0.05, 0.1) is 22.2 Å². The van der Waals surface area contributed by atoms with Crippen LogP contribution in [-0.4, -0.2) is 48.9 Å². The fourth-order valence-electron chi connectivity index (χ4n) is 2.22. The van der Waals surface area contributed by atoms with E-state index in [1.165, 1.54) is 18.3 Å². The fourth-order valence-corrected chi connectivity index (χ4v) is 4.69. The Balaban J connectivity index is 1.91. The summed E-state index contributed by atoms with van der Waals surface area (Å²) in [6.45, 7) is 4.94. The molecule has 1 aliphatic heterocycles.